The summed E-state index contributed by atoms with van der Waals surface area (Å²) in [5, 5.41) is 2.86. The number of fused-ring (bicyclic) bond motifs is 2. The van der Waals surface area contributed by atoms with Gasteiger partial charge in [-0.15, -0.1) is 11.8 Å². The minimum Gasteiger partial charge on any atom is -0.324 e. The van der Waals surface area contributed by atoms with Gasteiger partial charge in [0.2, 0.25) is 16.7 Å². The lowest BCUT2D eigenvalue weighted by Gasteiger charge is -2.33. The van der Waals surface area contributed by atoms with Crippen molar-refractivity contribution < 1.29 is 23.2 Å². The number of amides is 3. The fourth-order valence-corrected chi connectivity index (χ4v) is 5.90. The summed E-state index contributed by atoms with van der Waals surface area (Å²) in [6.45, 7) is 3.52. The molecule has 2 heterocycles. The van der Waals surface area contributed by atoms with E-state index in [2.05, 4.69) is 5.32 Å². The number of nitrogens with one attached hydrogen (secondary N) is 1. The molecule has 1 spiro atoms. The van der Waals surface area contributed by atoms with Gasteiger partial charge in [0.1, 0.15) is 6.54 Å². The number of benzene rings is 3. The van der Waals surface area contributed by atoms with Crippen molar-refractivity contribution in [2.24, 2.45) is 0 Å². The largest absolute Gasteiger partial charge is 0.324 e. The summed E-state index contributed by atoms with van der Waals surface area (Å²) in [4.78, 5) is 40.9. The van der Waals surface area contributed by atoms with E-state index in [0.29, 0.717) is 16.9 Å². The van der Waals surface area contributed by atoms with Gasteiger partial charge < -0.3 is 5.32 Å². The molecule has 0 radical (unpaired) electrons. The van der Waals surface area contributed by atoms with Crippen LogP contribution >= 0.6 is 11.8 Å². The number of aryl methyl sites for hydroxylation is 2. The minimum atomic E-state index is -1.52. The van der Waals surface area contributed by atoms with E-state index >= 15 is 0 Å². The van der Waals surface area contributed by atoms with Gasteiger partial charge in [0, 0.05) is 23.0 Å². The Morgan fingerprint density at radius 2 is 1.80 bits per heavy atom. The van der Waals surface area contributed by atoms with Crippen LogP contribution in [-0.4, -0.2) is 30.0 Å². The number of rotatable bonds is 4. The Bertz CT molecular complexity index is 1400. The molecule has 0 aliphatic carbocycles. The van der Waals surface area contributed by atoms with Crippen molar-refractivity contribution in [3.63, 3.8) is 0 Å². The molecule has 0 aromatic heterocycles. The molecule has 1 saturated heterocycles. The van der Waals surface area contributed by atoms with Crippen LogP contribution in [0.3, 0.4) is 0 Å². The Morgan fingerprint density at radius 3 is 2.57 bits per heavy atom. The van der Waals surface area contributed by atoms with E-state index in [0.717, 1.165) is 35.0 Å². The zero-order valence-corrected chi connectivity index (χ0v) is 19.8. The summed E-state index contributed by atoms with van der Waals surface area (Å²) in [5.74, 6) is -3.49. The molecule has 3 aromatic rings. The molecule has 3 aromatic carbocycles. The molecule has 1 fully saturated rings. The summed E-state index contributed by atoms with van der Waals surface area (Å²) in [6.07, 6.45) is 0. The molecule has 1 atom stereocenters. The molecule has 9 heteroatoms. The number of para-hydroxylation sites is 1. The zero-order chi connectivity index (χ0) is 24.9. The highest BCUT2D eigenvalue weighted by Gasteiger charge is 2.61. The molecule has 35 heavy (non-hydrogen) atoms. The highest BCUT2D eigenvalue weighted by atomic mass is 32.2. The van der Waals surface area contributed by atoms with Crippen LogP contribution in [0.5, 0.6) is 0 Å². The molecule has 178 valence electrons. The molecule has 1 N–H and O–H groups in total. The number of carbonyl (C=O) groups excluding carboxylic acids is 3. The van der Waals surface area contributed by atoms with E-state index in [1.165, 1.54) is 15.9 Å². The van der Waals surface area contributed by atoms with Crippen LogP contribution in [0.1, 0.15) is 16.7 Å². The lowest BCUT2D eigenvalue weighted by atomic mass is 10.0. The number of thioether (sulfide) groups is 1. The maximum Gasteiger partial charge on any atom is 0.269 e. The van der Waals surface area contributed by atoms with Gasteiger partial charge in [-0.2, -0.15) is 0 Å². The standard InChI is InChI=1S/C26H21F2N3O3S/c1-15-7-8-16(2)21(11-15)29-23(32)13-30-22-6-4-3-5-18(22)26(25(30)34)31(24(33)14-35-26)17-9-10-19(27)20(28)12-17/h3-12H,13-14H2,1-2H3,(H,29,32). The first-order valence-corrected chi connectivity index (χ1v) is 11.9. The first kappa shape index (κ1) is 23.0. The quantitative estimate of drug-likeness (QED) is 0.581. The van der Waals surface area contributed by atoms with E-state index in [9.17, 15) is 23.2 Å². The third-order valence-corrected chi connectivity index (χ3v) is 7.58. The van der Waals surface area contributed by atoms with Crippen LogP contribution in [0.15, 0.2) is 60.7 Å². The highest BCUT2D eigenvalue weighted by Crippen LogP contribution is 2.55. The van der Waals surface area contributed by atoms with Gasteiger partial charge in [0.05, 0.1) is 11.4 Å². The predicted molar refractivity (Wildman–Crippen MR) is 131 cm³/mol. The summed E-state index contributed by atoms with van der Waals surface area (Å²) in [5.41, 5.74) is 3.60. The Balaban J connectivity index is 1.52. The van der Waals surface area contributed by atoms with Gasteiger partial charge in [-0.25, -0.2) is 8.78 Å². The smallest absolute Gasteiger partial charge is 0.269 e. The topological polar surface area (TPSA) is 69.7 Å². The average molecular weight is 494 g/mol. The molecule has 6 nitrogen and oxygen atoms in total. The fraction of sp³-hybridized carbons (Fsp3) is 0.192. The SMILES string of the molecule is Cc1ccc(C)c(NC(=O)CN2C(=O)C3(SCC(=O)N3c3ccc(F)c(F)c3)c3ccccc32)c1. The van der Waals surface area contributed by atoms with Crippen LogP contribution < -0.4 is 15.1 Å². The third-order valence-electron chi connectivity index (χ3n) is 6.19. The second-order valence-corrected chi connectivity index (χ2v) is 9.70. The van der Waals surface area contributed by atoms with E-state index in [-0.39, 0.29) is 18.0 Å². The van der Waals surface area contributed by atoms with E-state index in [1.807, 2.05) is 32.0 Å². The van der Waals surface area contributed by atoms with Gasteiger partial charge >= 0.3 is 0 Å². The van der Waals surface area contributed by atoms with Gasteiger partial charge in [-0.1, -0.05) is 30.3 Å². The van der Waals surface area contributed by atoms with Crippen LogP contribution in [0.4, 0.5) is 25.8 Å². The number of carbonyl (C=O) groups is 3. The Labute approximate surface area is 204 Å². The van der Waals surface area contributed by atoms with E-state index in [4.69, 9.17) is 0 Å². The Morgan fingerprint density at radius 1 is 1.03 bits per heavy atom. The van der Waals surface area contributed by atoms with Gasteiger partial charge in [0.15, 0.2) is 11.6 Å². The van der Waals surface area contributed by atoms with Crippen molar-refractivity contribution in [3.05, 3.63) is 89.0 Å². The molecule has 2 aliphatic rings. The molecule has 2 aliphatic heterocycles. The monoisotopic (exact) mass is 493 g/mol. The van der Waals surface area contributed by atoms with Crippen LogP contribution in [0.25, 0.3) is 0 Å². The Hall–Kier alpha value is -3.72. The maximum atomic E-state index is 14.1. The zero-order valence-electron chi connectivity index (χ0n) is 19.0. The number of anilines is 3. The van der Waals surface area contributed by atoms with Crippen LogP contribution in [0, 0.1) is 25.5 Å². The van der Waals surface area contributed by atoms with Crippen molar-refractivity contribution in [2.45, 2.75) is 18.7 Å². The predicted octanol–water partition coefficient (Wildman–Crippen LogP) is 4.50. The normalized spacial score (nSPS) is 19.0. The van der Waals surface area contributed by atoms with Crippen molar-refractivity contribution in [1.82, 2.24) is 0 Å². The lowest BCUT2D eigenvalue weighted by molar-refractivity contribution is -0.124. The number of nitrogens with zero attached hydrogens (tertiary/aromatic N) is 2. The van der Waals surface area contributed by atoms with Gasteiger partial charge in [0.25, 0.3) is 5.91 Å². The number of hydrogen-bond donors (Lipinski definition) is 1. The molecule has 0 bridgehead atoms. The first-order valence-electron chi connectivity index (χ1n) is 10.9. The van der Waals surface area contributed by atoms with Crippen molar-refractivity contribution in [1.29, 1.82) is 0 Å². The second-order valence-electron chi connectivity index (χ2n) is 8.54. The Kier molecular flexibility index (Phi) is 5.59. The molecule has 3 amide bonds. The highest BCUT2D eigenvalue weighted by molar-refractivity contribution is 8.02. The molecular weight excluding hydrogens is 472 g/mol. The van der Waals surface area contributed by atoms with Crippen LogP contribution in [-0.2, 0) is 19.3 Å². The second kappa shape index (κ2) is 8.49. The van der Waals surface area contributed by atoms with Gasteiger partial charge in [-0.3, -0.25) is 24.2 Å². The molecule has 1 unspecified atom stereocenters. The number of hydrogen-bond acceptors (Lipinski definition) is 4. The fourth-order valence-electron chi connectivity index (χ4n) is 4.54. The van der Waals surface area contributed by atoms with Crippen LogP contribution in [0.2, 0.25) is 0 Å². The summed E-state index contributed by atoms with van der Waals surface area (Å²) < 4.78 is 27.7. The van der Waals surface area contributed by atoms with Crippen molar-refractivity contribution >= 4 is 46.5 Å². The summed E-state index contributed by atoms with van der Waals surface area (Å²) >= 11 is 1.10. The summed E-state index contributed by atoms with van der Waals surface area (Å²) in [6, 6.07) is 15.7. The first-order chi connectivity index (χ1) is 16.7. The lowest BCUT2D eigenvalue weighted by Crippen LogP contribution is -2.51. The molecule has 0 saturated carbocycles. The average Bonchev–Trinajstić information content (AvgIpc) is 3.29. The van der Waals surface area contributed by atoms with E-state index in [1.54, 1.807) is 24.3 Å². The van der Waals surface area contributed by atoms with E-state index < -0.39 is 34.2 Å². The maximum absolute atomic E-state index is 14.1. The number of halogens is 2. The minimum absolute atomic E-state index is 0.0262. The third kappa shape index (κ3) is 3.67. The molecular formula is C26H21F2N3O3S. The summed E-state index contributed by atoms with van der Waals surface area (Å²) in [7, 11) is 0. The van der Waals surface area contributed by atoms with Crippen molar-refractivity contribution in [2.75, 3.05) is 27.4 Å². The molecule has 5 rings (SSSR count). The van der Waals surface area contributed by atoms with Crippen molar-refractivity contribution in [3.8, 4) is 0 Å². The van der Waals surface area contributed by atoms with Gasteiger partial charge in [-0.05, 0) is 49.2 Å².